The van der Waals surface area contributed by atoms with Gasteiger partial charge in [0, 0.05) is 5.69 Å². The number of rotatable bonds is 6. The number of anilines is 1. The van der Waals surface area contributed by atoms with Crippen molar-refractivity contribution < 1.29 is 14.6 Å². The summed E-state index contributed by atoms with van der Waals surface area (Å²) in [6.07, 6.45) is 5.16. The van der Waals surface area contributed by atoms with E-state index < -0.39 is 12.0 Å². The van der Waals surface area contributed by atoms with E-state index in [-0.39, 0.29) is 5.92 Å². The van der Waals surface area contributed by atoms with Gasteiger partial charge in [0.05, 0.1) is 7.11 Å². The van der Waals surface area contributed by atoms with Gasteiger partial charge in [-0.2, -0.15) is 0 Å². The quantitative estimate of drug-likeness (QED) is 0.783. The summed E-state index contributed by atoms with van der Waals surface area (Å²) in [7, 11) is 1.65. The van der Waals surface area contributed by atoms with Crippen LogP contribution in [0.1, 0.15) is 38.2 Å². The molecule has 1 aromatic rings. The predicted octanol–water partition coefficient (Wildman–Crippen LogP) is 3.31. The zero-order valence-electron chi connectivity index (χ0n) is 12.2. The van der Waals surface area contributed by atoms with Crippen LogP contribution < -0.4 is 10.1 Å². The first-order valence-electron chi connectivity index (χ1n) is 7.32. The SMILES string of the molecule is CCCCCC1Cc2cc(OC)ccc2NC1C(=O)O. The summed E-state index contributed by atoms with van der Waals surface area (Å²) in [5.41, 5.74) is 2.08. The number of carboxylic acids is 1. The predicted molar refractivity (Wildman–Crippen MR) is 79.4 cm³/mol. The second-order valence-corrected chi connectivity index (χ2v) is 5.44. The summed E-state index contributed by atoms with van der Waals surface area (Å²) in [4.78, 5) is 11.4. The maximum absolute atomic E-state index is 11.4. The largest absolute Gasteiger partial charge is 0.497 e. The van der Waals surface area contributed by atoms with E-state index in [4.69, 9.17) is 4.74 Å². The number of hydrogen-bond donors (Lipinski definition) is 2. The fourth-order valence-electron chi connectivity index (χ4n) is 2.88. The third kappa shape index (κ3) is 3.24. The van der Waals surface area contributed by atoms with Gasteiger partial charge in [-0.25, -0.2) is 4.79 Å². The summed E-state index contributed by atoms with van der Waals surface area (Å²) in [6.45, 7) is 2.16. The third-order valence-corrected chi connectivity index (χ3v) is 4.02. The summed E-state index contributed by atoms with van der Waals surface area (Å²) in [5.74, 6) is 0.221. The highest BCUT2D eigenvalue weighted by molar-refractivity contribution is 5.79. The van der Waals surface area contributed by atoms with Crippen molar-refractivity contribution in [3.8, 4) is 5.75 Å². The van der Waals surface area contributed by atoms with Gasteiger partial charge in [0.1, 0.15) is 11.8 Å². The monoisotopic (exact) mass is 277 g/mol. The number of hydrogen-bond acceptors (Lipinski definition) is 3. The zero-order valence-corrected chi connectivity index (χ0v) is 12.2. The van der Waals surface area contributed by atoms with Crippen LogP contribution in [0.15, 0.2) is 18.2 Å². The Morgan fingerprint density at radius 3 is 2.90 bits per heavy atom. The van der Waals surface area contributed by atoms with E-state index in [2.05, 4.69) is 12.2 Å². The molecule has 1 aromatic carbocycles. The fraction of sp³-hybridized carbons (Fsp3) is 0.562. The number of nitrogens with one attached hydrogen (secondary N) is 1. The molecule has 0 radical (unpaired) electrons. The first kappa shape index (κ1) is 14.7. The number of aliphatic carboxylic acids is 1. The maximum Gasteiger partial charge on any atom is 0.326 e. The van der Waals surface area contributed by atoms with Crippen LogP contribution in [0.3, 0.4) is 0 Å². The van der Waals surface area contributed by atoms with Gasteiger partial charge in [0.15, 0.2) is 0 Å². The lowest BCUT2D eigenvalue weighted by Crippen LogP contribution is -2.41. The van der Waals surface area contributed by atoms with Crippen molar-refractivity contribution in [2.75, 3.05) is 12.4 Å². The molecule has 0 fully saturated rings. The molecule has 0 aromatic heterocycles. The highest BCUT2D eigenvalue weighted by Gasteiger charge is 2.32. The Morgan fingerprint density at radius 2 is 2.25 bits per heavy atom. The summed E-state index contributed by atoms with van der Waals surface area (Å²) in [6, 6.07) is 5.30. The Hall–Kier alpha value is -1.71. The second-order valence-electron chi connectivity index (χ2n) is 5.44. The minimum absolute atomic E-state index is 0.152. The molecule has 0 spiro atoms. The molecule has 20 heavy (non-hydrogen) atoms. The number of fused-ring (bicyclic) bond motifs is 1. The molecule has 2 unspecified atom stereocenters. The van der Waals surface area contributed by atoms with E-state index in [1.807, 2.05) is 18.2 Å². The van der Waals surface area contributed by atoms with Crippen LogP contribution in [0.5, 0.6) is 5.75 Å². The van der Waals surface area contributed by atoms with Crippen molar-refractivity contribution in [3.05, 3.63) is 23.8 Å². The van der Waals surface area contributed by atoms with E-state index >= 15 is 0 Å². The maximum atomic E-state index is 11.4. The normalized spacial score (nSPS) is 20.9. The number of ether oxygens (including phenoxy) is 1. The Bertz CT molecular complexity index is 473. The number of carboxylic acid groups (broad SMARTS) is 1. The first-order valence-corrected chi connectivity index (χ1v) is 7.32. The zero-order chi connectivity index (χ0) is 14.5. The van der Waals surface area contributed by atoms with E-state index in [1.54, 1.807) is 7.11 Å². The van der Waals surface area contributed by atoms with Gasteiger partial charge in [-0.1, -0.05) is 26.2 Å². The van der Waals surface area contributed by atoms with E-state index in [1.165, 1.54) is 0 Å². The van der Waals surface area contributed by atoms with Crippen LogP contribution in [0.2, 0.25) is 0 Å². The molecular weight excluding hydrogens is 254 g/mol. The van der Waals surface area contributed by atoms with Gasteiger partial charge in [-0.05, 0) is 42.5 Å². The van der Waals surface area contributed by atoms with Crippen LogP contribution in [0.25, 0.3) is 0 Å². The third-order valence-electron chi connectivity index (χ3n) is 4.02. The molecule has 2 N–H and O–H groups in total. The Morgan fingerprint density at radius 1 is 1.45 bits per heavy atom. The van der Waals surface area contributed by atoms with Crippen LogP contribution in [0, 0.1) is 5.92 Å². The van der Waals surface area contributed by atoms with Gasteiger partial charge >= 0.3 is 5.97 Å². The van der Waals surface area contributed by atoms with Gasteiger partial charge in [0.25, 0.3) is 0 Å². The van der Waals surface area contributed by atoms with Crippen LogP contribution >= 0.6 is 0 Å². The fourth-order valence-corrected chi connectivity index (χ4v) is 2.88. The molecule has 1 aliphatic rings. The van der Waals surface area contributed by atoms with Crippen LogP contribution in [-0.4, -0.2) is 24.2 Å². The van der Waals surface area contributed by atoms with Crippen LogP contribution in [-0.2, 0) is 11.2 Å². The smallest absolute Gasteiger partial charge is 0.326 e. The lowest BCUT2D eigenvalue weighted by molar-refractivity contribution is -0.139. The molecule has 2 rings (SSSR count). The number of methoxy groups -OCH3 is 1. The molecule has 4 nitrogen and oxygen atoms in total. The molecule has 1 aliphatic heterocycles. The van der Waals surface area contributed by atoms with Crippen molar-refractivity contribution in [1.29, 1.82) is 0 Å². The van der Waals surface area contributed by atoms with Crippen LogP contribution in [0.4, 0.5) is 5.69 Å². The van der Waals surface area contributed by atoms with Crippen molar-refractivity contribution in [1.82, 2.24) is 0 Å². The Labute approximate surface area is 120 Å². The molecule has 0 aliphatic carbocycles. The van der Waals surface area contributed by atoms with Gasteiger partial charge in [0.2, 0.25) is 0 Å². The summed E-state index contributed by atoms with van der Waals surface area (Å²) in [5, 5.41) is 12.6. The molecule has 0 amide bonds. The number of benzene rings is 1. The molecule has 1 heterocycles. The number of carbonyl (C=O) groups is 1. The van der Waals surface area contributed by atoms with Gasteiger partial charge in [-0.15, -0.1) is 0 Å². The first-order chi connectivity index (χ1) is 9.65. The molecule has 0 saturated carbocycles. The topological polar surface area (TPSA) is 58.6 Å². The standard InChI is InChI=1S/C16H23NO3/c1-3-4-5-6-11-9-12-10-13(20-2)7-8-14(12)17-15(11)16(18)19/h7-8,10-11,15,17H,3-6,9H2,1-2H3,(H,18,19). The average Bonchev–Trinajstić information content (AvgIpc) is 2.46. The van der Waals surface area contributed by atoms with Crippen molar-refractivity contribution >= 4 is 11.7 Å². The van der Waals surface area contributed by atoms with E-state index in [0.29, 0.717) is 0 Å². The summed E-state index contributed by atoms with van der Waals surface area (Å²) >= 11 is 0. The second kappa shape index (κ2) is 6.64. The van der Waals surface area contributed by atoms with E-state index in [0.717, 1.165) is 49.1 Å². The lowest BCUT2D eigenvalue weighted by Gasteiger charge is -2.32. The highest BCUT2D eigenvalue weighted by atomic mass is 16.5. The highest BCUT2D eigenvalue weighted by Crippen LogP contribution is 2.33. The summed E-state index contributed by atoms with van der Waals surface area (Å²) < 4.78 is 5.24. The van der Waals surface area contributed by atoms with Crippen molar-refractivity contribution in [2.45, 2.75) is 45.1 Å². The van der Waals surface area contributed by atoms with Crippen molar-refractivity contribution in [3.63, 3.8) is 0 Å². The molecule has 2 atom stereocenters. The molecular formula is C16H23NO3. The Balaban J connectivity index is 2.16. The molecule has 0 bridgehead atoms. The molecule has 110 valence electrons. The average molecular weight is 277 g/mol. The van der Waals surface area contributed by atoms with Gasteiger partial charge < -0.3 is 15.2 Å². The minimum atomic E-state index is -0.757. The number of unbranched alkanes of at least 4 members (excludes halogenated alkanes) is 2. The van der Waals surface area contributed by atoms with Crippen molar-refractivity contribution in [2.24, 2.45) is 5.92 Å². The van der Waals surface area contributed by atoms with E-state index in [9.17, 15) is 9.90 Å². The lowest BCUT2D eigenvalue weighted by atomic mass is 9.83. The minimum Gasteiger partial charge on any atom is -0.497 e. The Kier molecular flexibility index (Phi) is 4.88. The molecule has 0 saturated heterocycles. The molecule has 4 heteroatoms. The van der Waals surface area contributed by atoms with Gasteiger partial charge in [-0.3, -0.25) is 0 Å².